The Bertz CT molecular complexity index is 629. The third-order valence-corrected chi connectivity index (χ3v) is 3.27. The second-order valence-electron chi connectivity index (χ2n) is 4.66. The van der Waals surface area contributed by atoms with Crippen LogP contribution >= 0.6 is 0 Å². The van der Waals surface area contributed by atoms with Crippen molar-refractivity contribution in [1.29, 1.82) is 5.26 Å². The van der Waals surface area contributed by atoms with Crippen LogP contribution < -0.4 is 5.32 Å². The van der Waals surface area contributed by atoms with Crippen LogP contribution in [-0.2, 0) is 17.9 Å². The van der Waals surface area contributed by atoms with E-state index in [1.807, 2.05) is 37.3 Å². The summed E-state index contributed by atoms with van der Waals surface area (Å²) in [5, 5.41) is 12.5. The minimum Gasteiger partial charge on any atom is -0.380 e. The molecule has 3 heteroatoms. The van der Waals surface area contributed by atoms with Gasteiger partial charge in [0, 0.05) is 13.7 Å². The molecule has 20 heavy (non-hydrogen) atoms. The molecule has 0 saturated carbocycles. The van der Waals surface area contributed by atoms with Crippen LogP contribution in [0.15, 0.2) is 42.5 Å². The summed E-state index contributed by atoms with van der Waals surface area (Å²) in [5.74, 6) is 0. The van der Waals surface area contributed by atoms with Crippen molar-refractivity contribution in [3.05, 3.63) is 64.7 Å². The summed E-state index contributed by atoms with van der Waals surface area (Å²) in [6.07, 6.45) is 0. The first-order valence-electron chi connectivity index (χ1n) is 6.55. The predicted octanol–water partition coefficient (Wildman–Crippen LogP) is 3.63. The van der Waals surface area contributed by atoms with Crippen LogP contribution in [0.5, 0.6) is 0 Å². The van der Waals surface area contributed by atoms with Gasteiger partial charge >= 0.3 is 0 Å². The topological polar surface area (TPSA) is 45.0 Å². The highest BCUT2D eigenvalue weighted by Gasteiger charge is 2.06. The predicted molar refractivity (Wildman–Crippen MR) is 80.4 cm³/mol. The maximum atomic E-state index is 9.17. The van der Waals surface area contributed by atoms with E-state index in [1.54, 1.807) is 7.11 Å². The van der Waals surface area contributed by atoms with Crippen LogP contribution in [-0.4, -0.2) is 7.11 Å². The summed E-state index contributed by atoms with van der Waals surface area (Å²) in [4.78, 5) is 0. The minimum absolute atomic E-state index is 0.594. The van der Waals surface area contributed by atoms with Crippen LogP contribution in [0.2, 0.25) is 0 Å². The van der Waals surface area contributed by atoms with Gasteiger partial charge in [-0.3, -0.25) is 0 Å². The Balaban J connectivity index is 2.20. The summed E-state index contributed by atoms with van der Waals surface area (Å²) < 4.78 is 5.21. The third-order valence-electron chi connectivity index (χ3n) is 3.27. The standard InChI is InChI=1S/C17H18N2O/c1-13-6-5-9-14(10-18)17(13)19-11-15-7-3-4-8-16(15)12-20-2/h3-9,19H,11-12H2,1-2H3. The van der Waals surface area contributed by atoms with Crippen molar-refractivity contribution in [2.75, 3.05) is 12.4 Å². The molecule has 102 valence electrons. The van der Waals surface area contributed by atoms with E-state index < -0.39 is 0 Å². The molecule has 2 rings (SSSR count). The van der Waals surface area contributed by atoms with E-state index in [-0.39, 0.29) is 0 Å². The Morgan fingerprint density at radius 2 is 1.85 bits per heavy atom. The second-order valence-corrected chi connectivity index (χ2v) is 4.66. The molecule has 0 bridgehead atoms. The Labute approximate surface area is 119 Å². The molecule has 2 aromatic rings. The van der Waals surface area contributed by atoms with Crippen LogP contribution in [0.1, 0.15) is 22.3 Å². The maximum absolute atomic E-state index is 9.17. The zero-order valence-electron chi connectivity index (χ0n) is 11.8. The van der Waals surface area contributed by atoms with Crippen molar-refractivity contribution in [1.82, 2.24) is 0 Å². The molecule has 1 N–H and O–H groups in total. The Hall–Kier alpha value is -2.31. The number of anilines is 1. The third kappa shape index (κ3) is 3.17. The van der Waals surface area contributed by atoms with Crippen molar-refractivity contribution in [3.8, 4) is 6.07 Å². The first kappa shape index (κ1) is 14.1. The molecule has 0 fully saturated rings. The average Bonchev–Trinajstić information content (AvgIpc) is 2.47. The SMILES string of the molecule is COCc1ccccc1CNc1c(C)cccc1C#N. The van der Waals surface area contributed by atoms with Gasteiger partial charge < -0.3 is 10.1 Å². The number of hydrogen-bond acceptors (Lipinski definition) is 3. The minimum atomic E-state index is 0.594. The lowest BCUT2D eigenvalue weighted by Crippen LogP contribution is -2.06. The smallest absolute Gasteiger partial charge is 0.101 e. The van der Waals surface area contributed by atoms with Gasteiger partial charge in [-0.1, -0.05) is 36.4 Å². The number of methoxy groups -OCH3 is 1. The van der Waals surface area contributed by atoms with Gasteiger partial charge in [0.15, 0.2) is 0 Å². The number of aryl methyl sites for hydroxylation is 1. The molecule has 0 aliphatic carbocycles. The number of nitrogens with zero attached hydrogens (tertiary/aromatic N) is 1. The van der Waals surface area contributed by atoms with E-state index in [9.17, 15) is 0 Å². The average molecular weight is 266 g/mol. The molecule has 2 aromatic carbocycles. The van der Waals surface area contributed by atoms with E-state index >= 15 is 0 Å². The van der Waals surface area contributed by atoms with Gasteiger partial charge in [0.1, 0.15) is 6.07 Å². The Morgan fingerprint density at radius 1 is 1.10 bits per heavy atom. The molecule has 0 saturated heterocycles. The molecule has 0 spiro atoms. The van der Waals surface area contributed by atoms with Crippen LogP contribution in [0.25, 0.3) is 0 Å². The fourth-order valence-corrected chi connectivity index (χ4v) is 2.21. The Kier molecular flexibility index (Phi) is 4.75. The fraction of sp³-hybridized carbons (Fsp3) is 0.235. The van der Waals surface area contributed by atoms with Crippen molar-refractivity contribution in [2.24, 2.45) is 0 Å². The van der Waals surface area contributed by atoms with Crippen molar-refractivity contribution >= 4 is 5.69 Å². The van der Waals surface area contributed by atoms with E-state index in [4.69, 9.17) is 10.00 Å². The highest BCUT2D eigenvalue weighted by molar-refractivity contribution is 5.62. The number of ether oxygens (including phenoxy) is 1. The first-order valence-corrected chi connectivity index (χ1v) is 6.55. The van der Waals surface area contributed by atoms with E-state index in [1.165, 1.54) is 5.56 Å². The zero-order valence-corrected chi connectivity index (χ0v) is 11.8. The number of nitrogens with one attached hydrogen (secondary N) is 1. The highest BCUT2D eigenvalue weighted by atomic mass is 16.5. The van der Waals surface area contributed by atoms with Crippen molar-refractivity contribution < 1.29 is 4.74 Å². The summed E-state index contributed by atoms with van der Waals surface area (Å²) in [6, 6.07) is 16.1. The van der Waals surface area contributed by atoms with Gasteiger partial charge in [-0.15, -0.1) is 0 Å². The normalized spacial score (nSPS) is 10.1. The van der Waals surface area contributed by atoms with Crippen LogP contribution in [0, 0.1) is 18.3 Å². The summed E-state index contributed by atoms with van der Waals surface area (Å²) in [7, 11) is 1.69. The molecule has 0 amide bonds. The van der Waals surface area contributed by atoms with Gasteiger partial charge in [-0.2, -0.15) is 5.26 Å². The number of nitriles is 1. The Morgan fingerprint density at radius 3 is 2.55 bits per heavy atom. The monoisotopic (exact) mass is 266 g/mol. The van der Waals surface area contributed by atoms with Gasteiger partial charge in [0.2, 0.25) is 0 Å². The highest BCUT2D eigenvalue weighted by Crippen LogP contribution is 2.21. The van der Waals surface area contributed by atoms with Gasteiger partial charge in [0.05, 0.1) is 17.9 Å². The lowest BCUT2D eigenvalue weighted by Gasteiger charge is -2.13. The van der Waals surface area contributed by atoms with Crippen LogP contribution in [0.4, 0.5) is 5.69 Å². The first-order chi connectivity index (χ1) is 9.76. The fourth-order valence-electron chi connectivity index (χ4n) is 2.21. The van der Waals surface area contributed by atoms with Crippen molar-refractivity contribution in [3.63, 3.8) is 0 Å². The quantitative estimate of drug-likeness (QED) is 0.899. The van der Waals surface area contributed by atoms with Gasteiger partial charge in [0.25, 0.3) is 0 Å². The van der Waals surface area contributed by atoms with Gasteiger partial charge in [-0.25, -0.2) is 0 Å². The summed E-state index contributed by atoms with van der Waals surface area (Å²) in [5.41, 5.74) is 5.00. The van der Waals surface area contributed by atoms with Crippen LogP contribution in [0.3, 0.4) is 0 Å². The molecular formula is C17H18N2O. The van der Waals surface area contributed by atoms with E-state index in [0.717, 1.165) is 16.8 Å². The zero-order chi connectivity index (χ0) is 14.4. The molecule has 3 nitrogen and oxygen atoms in total. The number of hydrogen-bond donors (Lipinski definition) is 1. The second kappa shape index (κ2) is 6.74. The summed E-state index contributed by atoms with van der Waals surface area (Å²) >= 11 is 0. The number of benzene rings is 2. The molecule has 0 atom stereocenters. The number of para-hydroxylation sites is 1. The lowest BCUT2D eigenvalue weighted by molar-refractivity contribution is 0.184. The van der Waals surface area contributed by atoms with E-state index in [0.29, 0.717) is 18.7 Å². The molecule has 0 aromatic heterocycles. The molecule has 0 aliphatic heterocycles. The lowest BCUT2D eigenvalue weighted by atomic mass is 10.1. The van der Waals surface area contributed by atoms with E-state index in [2.05, 4.69) is 23.5 Å². The van der Waals surface area contributed by atoms with Crippen molar-refractivity contribution in [2.45, 2.75) is 20.1 Å². The molecule has 0 radical (unpaired) electrons. The molecule has 0 unspecified atom stereocenters. The maximum Gasteiger partial charge on any atom is 0.101 e. The summed E-state index contributed by atoms with van der Waals surface area (Å²) in [6.45, 7) is 3.28. The molecule has 0 aliphatic rings. The molecule has 0 heterocycles. The molecular weight excluding hydrogens is 248 g/mol. The largest absolute Gasteiger partial charge is 0.380 e. The number of rotatable bonds is 5. The van der Waals surface area contributed by atoms with Gasteiger partial charge in [-0.05, 0) is 29.7 Å².